The largest absolute Gasteiger partial charge is 0.496 e. The van der Waals surface area contributed by atoms with E-state index >= 15 is 0 Å². The zero-order valence-electron chi connectivity index (χ0n) is 9.85. The van der Waals surface area contributed by atoms with Crippen LogP contribution >= 0.6 is 27.5 Å². The van der Waals surface area contributed by atoms with E-state index in [1.165, 1.54) is 12.4 Å². The van der Waals surface area contributed by atoms with Crippen LogP contribution in [-0.4, -0.2) is 23.0 Å². The predicted octanol–water partition coefficient (Wildman–Crippen LogP) is 3.15. The number of amides is 1. The number of aromatic nitrogens is 2. The standard InChI is InChI=1S/C12H9BrClN3O2/c1-19-9-3-2-7(4-8(9)13)12(18)17-11-6-15-5-10(14)16-11/h2-6H,1H3,(H,16,17,18). The van der Waals surface area contributed by atoms with Gasteiger partial charge in [0.15, 0.2) is 5.82 Å². The number of carbonyl (C=O) groups excluding carboxylic acids is 1. The summed E-state index contributed by atoms with van der Waals surface area (Å²) in [5.74, 6) is 0.642. The fourth-order valence-electron chi connectivity index (χ4n) is 1.40. The van der Waals surface area contributed by atoms with Gasteiger partial charge in [-0.1, -0.05) is 11.6 Å². The van der Waals surface area contributed by atoms with Crippen molar-refractivity contribution in [1.29, 1.82) is 0 Å². The van der Waals surface area contributed by atoms with Gasteiger partial charge < -0.3 is 10.1 Å². The fraction of sp³-hybridized carbons (Fsp3) is 0.0833. The van der Waals surface area contributed by atoms with Crippen molar-refractivity contribution in [2.24, 2.45) is 0 Å². The minimum absolute atomic E-state index is 0.216. The molecule has 5 nitrogen and oxygen atoms in total. The van der Waals surface area contributed by atoms with Gasteiger partial charge in [-0.3, -0.25) is 9.78 Å². The number of hydrogen-bond acceptors (Lipinski definition) is 4. The van der Waals surface area contributed by atoms with Crippen LogP contribution < -0.4 is 10.1 Å². The van der Waals surface area contributed by atoms with Crippen molar-refractivity contribution in [3.63, 3.8) is 0 Å². The molecule has 98 valence electrons. The van der Waals surface area contributed by atoms with Gasteiger partial charge in [-0.25, -0.2) is 4.98 Å². The second-order valence-electron chi connectivity index (χ2n) is 3.53. The SMILES string of the molecule is COc1ccc(C(=O)Nc2cncc(Cl)n2)cc1Br. The molecule has 0 aliphatic heterocycles. The summed E-state index contributed by atoms with van der Waals surface area (Å²) in [5, 5.41) is 2.82. The highest BCUT2D eigenvalue weighted by Crippen LogP contribution is 2.25. The van der Waals surface area contributed by atoms with E-state index in [1.807, 2.05) is 0 Å². The van der Waals surface area contributed by atoms with E-state index in [0.29, 0.717) is 21.6 Å². The maximum absolute atomic E-state index is 12.0. The molecule has 0 aliphatic rings. The number of rotatable bonds is 3. The summed E-state index contributed by atoms with van der Waals surface area (Å²) in [6.45, 7) is 0. The van der Waals surface area contributed by atoms with Gasteiger partial charge in [0.25, 0.3) is 5.91 Å². The molecular formula is C12H9BrClN3O2. The van der Waals surface area contributed by atoms with Crippen molar-refractivity contribution in [2.75, 3.05) is 12.4 Å². The number of benzene rings is 1. The van der Waals surface area contributed by atoms with Crippen molar-refractivity contribution in [1.82, 2.24) is 9.97 Å². The third-order valence-electron chi connectivity index (χ3n) is 2.26. The molecule has 0 saturated carbocycles. The molecule has 19 heavy (non-hydrogen) atoms. The van der Waals surface area contributed by atoms with Gasteiger partial charge in [0.1, 0.15) is 10.9 Å². The molecule has 0 bridgehead atoms. The first-order valence-corrected chi connectivity index (χ1v) is 6.39. The molecule has 1 amide bonds. The van der Waals surface area contributed by atoms with E-state index in [2.05, 4.69) is 31.2 Å². The van der Waals surface area contributed by atoms with Crippen LogP contribution in [-0.2, 0) is 0 Å². The maximum Gasteiger partial charge on any atom is 0.256 e. The van der Waals surface area contributed by atoms with Crippen LogP contribution in [0.1, 0.15) is 10.4 Å². The normalized spacial score (nSPS) is 10.1. The van der Waals surface area contributed by atoms with Crippen LogP contribution in [0.25, 0.3) is 0 Å². The second kappa shape index (κ2) is 5.99. The molecule has 0 saturated heterocycles. The van der Waals surface area contributed by atoms with Crippen LogP contribution in [0.3, 0.4) is 0 Å². The van der Waals surface area contributed by atoms with Crippen LogP contribution in [0, 0.1) is 0 Å². The van der Waals surface area contributed by atoms with Crippen molar-refractivity contribution in [3.05, 3.63) is 45.8 Å². The Morgan fingerprint density at radius 3 is 2.84 bits per heavy atom. The summed E-state index contributed by atoms with van der Waals surface area (Å²) < 4.78 is 5.79. The summed E-state index contributed by atoms with van der Waals surface area (Å²) in [5.41, 5.74) is 0.467. The average molecular weight is 343 g/mol. The topological polar surface area (TPSA) is 64.1 Å². The molecule has 1 heterocycles. The number of halogens is 2. The third-order valence-corrected chi connectivity index (χ3v) is 3.06. The Balaban J connectivity index is 2.18. The molecule has 7 heteroatoms. The third kappa shape index (κ3) is 3.42. The molecule has 0 fully saturated rings. The summed E-state index contributed by atoms with van der Waals surface area (Å²) in [6.07, 6.45) is 2.81. The quantitative estimate of drug-likeness (QED) is 0.930. The monoisotopic (exact) mass is 341 g/mol. The first kappa shape index (κ1) is 13.8. The van der Waals surface area contributed by atoms with E-state index in [9.17, 15) is 4.79 Å². The van der Waals surface area contributed by atoms with Crippen LogP contribution in [0.2, 0.25) is 5.15 Å². The Kier molecular flexibility index (Phi) is 4.34. The lowest BCUT2D eigenvalue weighted by molar-refractivity contribution is 0.102. The van der Waals surface area contributed by atoms with Crippen molar-refractivity contribution < 1.29 is 9.53 Å². The molecule has 1 aromatic heterocycles. The van der Waals surface area contributed by atoms with E-state index in [0.717, 1.165) is 0 Å². The Hall–Kier alpha value is -1.66. The number of anilines is 1. The smallest absolute Gasteiger partial charge is 0.256 e. The highest BCUT2D eigenvalue weighted by molar-refractivity contribution is 9.10. The number of ether oxygens (including phenoxy) is 1. The van der Waals surface area contributed by atoms with E-state index in [1.54, 1.807) is 25.3 Å². The highest BCUT2D eigenvalue weighted by Gasteiger charge is 2.10. The van der Waals surface area contributed by atoms with E-state index in [-0.39, 0.29) is 11.1 Å². The molecule has 0 aliphatic carbocycles. The van der Waals surface area contributed by atoms with Crippen molar-refractivity contribution in [2.45, 2.75) is 0 Å². The summed E-state index contributed by atoms with van der Waals surface area (Å²) in [6, 6.07) is 5.01. The number of nitrogens with zero attached hydrogens (tertiary/aromatic N) is 2. The van der Waals surface area contributed by atoms with Crippen LogP contribution in [0.5, 0.6) is 5.75 Å². The highest BCUT2D eigenvalue weighted by atomic mass is 79.9. The first-order chi connectivity index (χ1) is 9.10. The van der Waals surface area contributed by atoms with Gasteiger partial charge in [0, 0.05) is 5.56 Å². The Bertz CT molecular complexity index is 622. The number of nitrogens with one attached hydrogen (secondary N) is 1. The summed E-state index contributed by atoms with van der Waals surface area (Å²) >= 11 is 9.01. The fourth-order valence-corrected chi connectivity index (χ4v) is 2.09. The molecular weight excluding hydrogens is 334 g/mol. The first-order valence-electron chi connectivity index (χ1n) is 5.22. The van der Waals surface area contributed by atoms with E-state index in [4.69, 9.17) is 16.3 Å². The predicted molar refractivity (Wildman–Crippen MR) is 75.7 cm³/mol. The van der Waals surface area contributed by atoms with Gasteiger partial charge in [-0.15, -0.1) is 0 Å². The molecule has 0 atom stereocenters. The number of carbonyl (C=O) groups is 1. The molecule has 0 spiro atoms. The van der Waals surface area contributed by atoms with Gasteiger partial charge in [-0.2, -0.15) is 0 Å². The molecule has 1 N–H and O–H groups in total. The molecule has 2 rings (SSSR count). The van der Waals surface area contributed by atoms with Crippen LogP contribution in [0.15, 0.2) is 35.1 Å². The lowest BCUT2D eigenvalue weighted by Crippen LogP contribution is -2.13. The Morgan fingerprint density at radius 1 is 1.42 bits per heavy atom. The summed E-state index contributed by atoms with van der Waals surface area (Å²) in [4.78, 5) is 19.8. The minimum atomic E-state index is -0.306. The average Bonchev–Trinajstić information content (AvgIpc) is 2.38. The maximum atomic E-state index is 12.0. The lowest BCUT2D eigenvalue weighted by atomic mass is 10.2. The molecule has 1 aromatic carbocycles. The van der Waals surface area contributed by atoms with Crippen molar-refractivity contribution in [3.8, 4) is 5.75 Å². The van der Waals surface area contributed by atoms with Gasteiger partial charge in [0.2, 0.25) is 0 Å². The lowest BCUT2D eigenvalue weighted by Gasteiger charge is -2.07. The van der Waals surface area contributed by atoms with Crippen LogP contribution in [0.4, 0.5) is 5.82 Å². The van der Waals surface area contributed by atoms with Gasteiger partial charge in [0.05, 0.1) is 24.0 Å². The minimum Gasteiger partial charge on any atom is -0.496 e. The molecule has 0 unspecified atom stereocenters. The summed E-state index contributed by atoms with van der Waals surface area (Å²) in [7, 11) is 1.56. The number of methoxy groups -OCH3 is 1. The van der Waals surface area contributed by atoms with Gasteiger partial charge in [-0.05, 0) is 34.1 Å². The molecule has 2 aromatic rings. The number of hydrogen-bond donors (Lipinski definition) is 1. The Labute approximate surface area is 123 Å². The van der Waals surface area contributed by atoms with E-state index < -0.39 is 0 Å². The zero-order valence-corrected chi connectivity index (χ0v) is 12.2. The van der Waals surface area contributed by atoms with Crippen molar-refractivity contribution >= 4 is 39.3 Å². The Morgan fingerprint density at radius 2 is 2.21 bits per heavy atom. The van der Waals surface area contributed by atoms with Gasteiger partial charge >= 0.3 is 0 Å². The zero-order chi connectivity index (χ0) is 13.8. The molecule has 0 radical (unpaired) electrons. The second-order valence-corrected chi connectivity index (χ2v) is 4.77.